The molecule has 0 aromatic heterocycles. The summed E-state index contributed by atoms with van der Waals surface area (Å²) in [6.45, 7) is 3.03. The lowest BCUT2D eigenvalue weighted by Crippen LogP contribution is -2.48. The molecule has 0 unspecified atom stereocenters. The minimum absolute atomic E-state index is 0.112. The van der Waals surface area contributed by atoms with E-state index in [9.17, 15) is 19.2 Å². The van der Waals surface area contributed by atoms with Crippen LogP contribution in [0.1, 0.15) is 46.0 Å². The van der Waals surface area contributed by atoms with Crippen molar-refractivity contribution in [3.63, 3.8) is 0 Å². The zero-order valence-corrected chi connectivity index (χ0v) is 18.0. The number of benzene rings is 2. The molecule has 7 nitrogen and oxygen atoms in total. The van der Waals surface area contributed by atoms with Crippen molar-refractivity contribution in [3.8, 4) is 0 Å². The lowest BCUT2D eigenvalue weighted by molar-refractivity contribution is -0.155. The second-order valence-corrected chi connectivity index (χ2v) is 8.40. The molecular formula is C25H26N2O5. The van der Waals surface area contributed by atoms with Gasteiger partial charge in [-0.25, -0.2) is 4.79 Å². The largest absolute Gasteiger partial charge is 0.454 e. The highest BCUT2D eigenvalue weighted by atomic mass is 16.5. The third kappa shape index (κ3) is 4.42. The molecule has 2 aromatic carbocycles. The third-order valence-electron chi connectivity index (χ3n) is 6.16. The van der Waals surface area contributed by atoms with Crippen molar-refractivity contribution >= 4 is 23.7 Å². The Kier molecular flexibility index (Phi) is 6.35. The molecule has 0 radical (unpaired) electrons. The van der Waals surface area contributed by atoms with Gasteiger partial charge < -0.3 is 9.64 Å². The van der Waals surface area contributed by atoms with Gasteiger partial charge in [0.05, 0.1) is 11.1 Å². The van der Waals surface area contributed by atoms with Crippen LogP contribution >= 0.6 is 0 Å². The number of carbonyl (C=O) groups excluding carboxylic acids is 4. The first-order valence-electron chi connectivity index (χ1n) is 10.9. The van der Waals surface area contributed by atoms with Crippen molar-refractivity contribution in [2.45, 2.75) is 32.2 Å². The van der Waals surface area contributed by atoms with Gasteiger partial charge in [0.1, 0.15) is 6.04 Å². The summed E-state index contributed by atoms with van der Waals surface area (Å²) < 4.78 is 5.35. The van der Waals surface area contributed by atoms with Crippen LogP contribution in [0.2, 0.25) is 0 Å². The molecule has 0 aliphatic carbocycles. The third-order valence-corrected chi connectivity index (χ3v) is 6.16. The maximum Gasteiger partial charge on any atom is 0.330 e. The second-order valence-electron chi connectivity index (χ2n) is 8.40. The van der Waals surface area contributed by atoms with Crippen molar-refractivity contribution in [2.75, 3.05) is 19.7 Å². The van der Waals surface area contributed by atoms with Crippen molar-refractivity contribution in [2.24, 2.45) is 5.92 Å². The second kappa shape index (κ2) is 9.34. The molecule has 2 aliphatic rings. The number of rotatable bonds is 6. The number of carbonyl (C=O) groups is 4. The Morgan fingerprint density at radius 2 is 1.50 bits per heavy atom. The predicted molar refractivity (Wildman–Crippen MR) is 117 cm³/mol. The van der Waals surface area contributed by atoms with Gasteiger partial charge in [0.15, 0.2) is 6.61 Å². The minimum atomic E-state index is -1.15. The first-order valence-corrected chi connectivity index (χ1v) is 10.9. The molecule has 32 heavy (non-hydrogen) atoms. The Balaban J connectivity index is 1.51. The Morgan fingerprint density at radius 3 is 2.09 bits per heavy atom. The molecule has 2 aromatic rings. The standard InChI is InChI=1S/C25H26N2O5/c1-17-11-13-26(14-12-17)22(28)16-32-25(31)21(15-18-7-3-2-4-8-18)27-23(29)19-9-5-6-10-20(19)24(27)30/h2-10,17,21H,11-16H2,1H3/t21-/m0/s1. The van der Waals surface area contributed by atoms with Gasteiger partial charge in [0, 0.05) is 19.5 Å². The number of likely N-dealkylation sites (tertiary alicyclic amines) is 1. The van der Waals surface area contributed by atoms with Crippen LogP contribution in [-0.2, 0) is 20.7 Å². The van der Waals surface area contributed by atoms with Crippen molar-refractivity contribution in [1.29, 1.82) is 0 Å². The van der Waals surface area contributed by atoms with E-state index in [1.807, 2.05) is 30.3 Å². The van der Waals surface area contributed by atoms with E-state index in [0.717, 1.165) is 23.3 Å². The van der Waals surface area contributed by atoms with E-state index in [0.29, 0.717) is 19.0 Å². The molecule has 166 valence electrons. The molecule has 2 aliphatic heterocycles. The zero-order chi connectivity index (χ0) is 22.7. The Bertz CT molecular complexity index is 993. The number of esters is 1. The number of piperidine rings is 1. The van der Waals surface area contributed by atoms with Gasteiger partial charge in [-0.3, -0.25) is 19.3 Å². The van der Waals surface area contributed by atoms with Gasteiger partial charge in [-0.1, -0.05) is 49.4 Å². The number of hydrogen-bond acceptors (Lipinski definition) is 5. The monoisotopic (exact) mass is 434 g/mol. The van der Waals surface area contributed by atoms with Crippen LogP contribution in [0.3, 0.4) is 0 Å². The Morgan fingerprint density at radius 1 is 0.938 bits per heavy atom. The molecule has 1 atom stereocenters. The molecule has 4 rings (SSSR count). The summed E-state index contributed by atoms with van der Waals surface area (Å²) in [5, 5.41) is 0. The van der Waals surface area contributed by atoms with Crippen LogP contribution < -0.4 is 0 Å². The maximum atomic E-state index is 13.1. The van der Waals surface area contributed by atoms with Gasteiger partial charge in [-0.2, -0.15) is 0 Å². The fourth-order valence-electron chi connectivity index (χ4n) is 4.19. The van der Waals surface area contributed by atoms with Crippen LogP contribution in [0.4, 0.5) is 0 Å². The fourth-order valence-corrected chi connectivity index (χ4v) is 4.19. The first kappa shape index (κ1) is 21.7. The summed E-state index contributed by atoms with van der Waals surface area (Å²) in [7, 11) is 0. The number of imide groups is 1. The van der Waals surface area contributed by atoms with Gasteiger partial charge in [-0.05, 0) is 36.5 Å². The first-order chi connectivity index (χ1) is 15.5. The molecule has 0 saturated carbocycles. The Hall–Kier alpha value is -3.48. The number of amides is 3. The molecule has 3 amide bonds. The van der Waals surface area contributed by atoms with E-state index in [2.05, 4.69) is 6.92 Å². The number of fused-ring (bicyclic) bond motifs is 1. The summed E-state index contributed by atoms with van der Waals surface area (Å²) >= 11 is 0. The molecule has 1 fully saturated rings. The molecule has 7 heteroatoms. The van der Waals surface area contributed by atoms with Crippen molar-refractivity contribution in [3.05, 3.63) is 71.3 Å². The normalized spacial score (nSPS) is 17.3. The van der Waals surface area contributed by atoms with Gasteiger partial charge in [0.25, 0.3) is 17.7 Å². The number of hydrogen-bond donors (Lipinski definition) is 0. The molecule has 1 saturated heterocycles. The van der Waals surface area contributed by atoms with E-state index in [-0.39, 0.29) is 23.5 Å². The lowest BCUT2D eigenvalue weighted by atomic mass is 9.99. The van der Waals surface area contributed by atoms with Crippen LogP contribution in [0.25, 0.3) is 0 Å². The van der Waals surface area contributed by atoms with Crippen LogP contribution in [0.15, 0.2) is 54.6 Å². The number of nitrogens with zero attached hydrogens (tertiary/aromatic N) is 2. The summed E-state index contributed by atoms with van der Waals surface area (Å²) in [4.78, 5) is 54.2. The van der Waals surface area contributed by atoms with Crippen molar-refractivity contribution in [1.82, 2.24) is 9.80 Å². The summed E-state index contributed by atoms with van der Waals surface area (Å²) in [6, 6.07) is 14.5. The van der Waals surface area contributed by atoms with Gasteiger partial charge in [0.2, 0.25) is 0 Å². The highest BCUT2D eigenvalue weighted by Crippen LogP contribution is 2.26. The average Bonchev–Trinajstić information content (AvgIpc) is 3.07. The SMILES string of the molecule is CC1CCN(C(=O)COC(=O)[C@H](Cc2ccccc2)N2C(=O)c3ccccc3C2=O)CC1. The lowest BCUT2D eigenvalue weighted by Gasteiger charge is -2.30. The van der Waals surface area contributed by atoms with Crippen LogP contribution in [0, 0.1) is 5.92 Å². The zero-order valence-electron chi connectivity index (χ0n) is 18.0. The molecule has 0 N–H and O–H groups in total. The number of ether oxygens (including phenoxy) is 1. The van der Waals surface area contributed by atoms with E-state index < -0.39 is 30.4 Å². The van der Waals surface area contributed by atoms with Crippen LogP contribution in [-0.4, -0.2) is 59.2 Å². The molecular weight excluding hydrogens is 408 g/mol. The molecule has 0 spiro atoms. The predicted octanol–water partition coefficient (Wildman–Crippen LogP) is 2.70. The molecule has 0 bridgehead atoms. The van der Waals surface area contributed by atoms with E-state index >= 15 is 0 Å². The summed E-state index contributed by atoms with van der Waals surface area (Å²) in [5.41, 5.74) is 1.31. The van der Waals surface area contributed by atoms with Crippen LogP contribution in [0.5, 0.6) is 0 Å². The topological polar surface area (TPSA) is 84.0 Å². The van der Waals surface area contributed by atoms with Gasteiger partial charge in [-0.15, -0.1) is 0 Å². The minimum Gasteiger partial charge on any atom is -0.454 e. The fraction of sp³-hybridized carbons (Fsp3) is 0.360. The highest BCUT2D eigenvalue weighted by Gasteiger charge is 2.43. The average molecular weight is 434 g/mol. The van der Waals surface area contributed by atoms with E-state index in [1.54, 1.807) is 29.2 Å². The highest BCUT2D eigenvalue weighted by molar-refractivity contribution is 6.22. The van der Waals surface area contributed by atoms with Crippen molar-refractivity contribution < 1.29 is 23.9 Å². The summed E-state index contributed by atoms with van der Waals surface area (Å²) in [6.07, 6.45) is 1.96. The summed E-state index contributed by atoms with van der Waals surface area (Å²) in [5.74, 6) is -1.50. The smallest absolute Gasteiger partial charge is 0.330 e. The quantitative estimate of drug-likeness (QED) is 0.516. The van der Waals surface area contributed by atoms with E-state index in [1.165, 1.54) is 0 Å². The molecule has 2 heterocycles. The van der Waals surface area contributed by atoms with E-state index in [4.69, 9.17) is 4.74 Å². The maximum absolute atomic E-state index is 13.1. The van der Waals surface area contributed by atoms with Gasteiger partial charge >= 0.3 is 5.97 Å². The Labute approximate surface area is 187 Å².